The highest BCUT2D eigenvalue weighted by atomic mass is 32.2. The Morgan fingerprint density at radius 3 is 3.07 bits per heavy atom. The van der Waals surface area contributed by atoms with E-state index >= 15 is 0 Å². The summed E-state index contributed by atoms with van der Waals surface area (Å²) in [5.74, 6) is -0.464. The molecule has 0 aliphatic carbocycles. The first kappa shape index (κ1) is 12.0. The fourth-order valence-electron chi connectivity index (χ4n) is 0.705. The molecule has 0 saturated heterocycles. The minimum Gasteiger partial charge on any atom is -0.384 e. The number of nitrogens with zero attached hydrogens (tertiary/aromatic N) is 1. The third-order valence-electron chi connectivity index (χ3n) is 1.70. The standard InChI is InChI=1S/C9H10N2O2S2/c1-2-9(11,6-10)15-13-8(12)7-4-3-5-14-7/h3-5H,2,11H2,1H3. The molecule has 4 nitrogen and oxygen atoms in total. The Kier molecular flexibility index (Phi) is 4.15. The lowest BCUT2D eigenvalue weighted by molar-refractivity contribution is 0.0770. The maximum absolute atomic E-state index is 11.4. The van der Waals surface area contributed by atoms with Gasteiger partial charge in [0, 0.05) is 0 Å². The number of hydrogen-bond donors (Lipinski definition) is 1. The minimum atomic E-state index is -1.16. The second-order valence-electron chi connectivity index (χ2n) is 2.79. The van der Waals surface area contributed by atoms with Crippen molar-refractivity contribution in [1.82, 2.24) is 0 Å². The van der Waals surface area contributed by atoms with Gasteiger partial charge in [-0.3, -0.25) is 0 Å². The van der Waals surface area contributed by atoms with Gasteiger partial charge < -0.3 is 9.92 Å². The average Bonchev–Trinajstić information content (AvgIpc) is 2.79. The topological polar surface area (TPSA) is 76.1 Å². The average molecular weight is 242 g/mol. The van der Waals surface area contributed by atoms with Crippen molar-refractivity contribution in [2.24, 2.45) is 5.73 Å². The smallest absolute Gasteiger partial charge is 0.360 e. The van der Waals surface area contributed by atoms with Gasteiger partial charge in [0.05, 0.1) is 18.1 Å². The predicted octanol–water partition coefficient (Wildman–Crippen LogP) is 2.14. The number of carbonyl (C=O) groups excluding carboxylic acids is 1. The normalized spacial score (nSPS) is 13.9. The van der Waals surface area contributed by atoms with Gasteiger partial charge in [-0.1, -0.05) is 13.0 Å². The first-order valence-electron chi connectivity index (χ1n) is 4.25. The number of carbonyl (C=O) groups is 1. The quantitative estimate of drug-likeness (QED) is 0.646. The maximum Gasteiger partial charge on any atom is 0.360 e. The molecule has 0 amide bonds. The van der Waals surface area contributed by atoms with Crippen molar-refractivity contribution in [3.63, 3.8) is 0 Å². The van der Waals surface area contributed by atoms with Crippen LogP contribution in [-0.4, -0.2) is 10.8 Å². The number of thiophene rings is 1. The molecule has 0 fully saturated rings. The Morgan fingerprint density at radius 1 is 1.87 bits per heavy atom. The van der Waals surface area contributed by atoms with E-state index in [1.54, 1.807) is 24.4 Å². The first-order chi connectivity index (χ1) is 7.11. The molecule has 0 radical (unpaired) electrons. The fourth-order valence-corrected chi connectivity index (χ4v) is 1.83. The van der Waals surface area contributed by atoms with Crippen molar-refractivity contribution in [1.29, 1.82) is 5.26 Å². The van der Waals surface area contributed by atoms with Crippen molar-refractivity contribution in [2.45, 2.75) is 18.2 Å². The van der Waals surface area contributed by atoms with Gasteiger partial charge in [0.2, 0.25) is 0 Å². The molecular formula is C9H10N2O2S2. The largest absolute Gasteiger partial charge is 0.384 e. The summed E-state index contributed by atoms with van der Waals surface area (Å²) in [5.41, 5.74) is 5.63. The molecule has 15 heavy (non-hydrogen) atoms. The van der Waals surface area contributed by atoms with Gasteiger partial charge in [-0.25, -0.2) is 4.79 Å². The van der Waals surface area contributed by atoms with E-state index in [1.165, 1.54) is 11.3 Å². The van der Waals surface area contributed by atoms with Crippen LogP contribution in [0.5, 0.6) is 0 Å². The van der Waals surface area contributed by atoms with Crippen LogP contribution in [0.15, 0.2) is 17.5 Å². The zero-order chi connectivity index (χ0) is 11.3. The molecular weight excluding hydrogens is 232 g/mol. The van der Waals surface area contributed by atoms with Crippen molar-refractivity contribution in [3.8, 4) is 6.07 Å². The summed E-state index contributed by atoms with van der Waals surface area (Å²) in [6.07, 6.45) is 0.409. The van der Waals surface area contributed by atoms with Gasteiger partial charge in [0.25, 0.3) is 0 Å². The van der Waals surface area contributed by atoms with E-state index in [0.29, 0.717) is 23.3 Å². The molecule has 2 N–H and O–H groups in total. The molecule has 0 aliphatic heterocycles. The molecule has 0 spiro atoms. The molecule has 80 valence electrons. The van der Waals surface area contributed by atoms with E-state index in [-0.39, 0.29) is 0 Å². The van der Waals surface area contributed by atoms with Crippen molar-refractivity contribution in [3.05, 3.63) is 22.4 Å². The summed E-state index contributed by atoms with van der Waals surface area (Å²) in [5, 5.41) is 10.5. The molecule has 1 rings (SSSR count). The monoisotopic (exact) mass is 242 g/mol. The van der Waals surface area contributed by atoms with Crippen LogP contribution in [0.3, 0.4) is 0 Å². The van der Waals surface area contributed by atoms with Gasteiger partial charge in [-0.15, -0.1) is 11.3 Å². The van der Waals surface area contributed by atoms with Gasteiger partial charge in [-0.05, 0) is 17.9 Å². The van der Waals surface area contributed by atoms with Gasteiger partial charge >= 0.3 is 5.97 Å². The molecule has 0 aliphatic rings. The summed E-state index contributed by atoms with van der Waals surface area (Å²) in [6, 6.07) is 5.31. The zero-order valence-electron chi connectivity index (χ0n) is 8.10. The zero-order valence-corrected chi connectivity index (χ0v) is 9.73. The van der Waals surface area contributed by atoms with Crippen LogP contribution in [0, 0.1) is 11.3 Å². The van der Waals surface area contributed by atoms with Crippen LogP contribution in [0.4, 0.5) is 0 Å². The highest BCUT2D eigenvalue weighted by Crippen LogP contribution is 2.25. The summed E-state index contributed by atoms with van der Waals surface area (Å²) < 4.78 is 4.87. The Labute approximate surface area is 96.2 Å². The number of nitriles is 1. The molecule has 0 saturated carbocycles. The third-order valence-corrected chi connectivity index (χ3v) is 3.46. The van der Waals surface area contributed by atoms with Crippen LogP contribution in [-0.2, 0) is 4.18 Å². The van der Waals surface area contributed by atoms with Crippen molar-refractivity contribution in [2.75, 3.05) is 0 Å². The van der Waals surface area contributed by atoms with Crippen LogP contribution in [0.1, 0.15) is 23.0 Å². The van der Waals surface area contributed by atoms with Crippen LogP contribution in [0.25, 0.3) is 0 Å². The van der Waals surface area contributed by atoms with Crippen LogP contribution in [0.2, 0.25) is 0 Å². The van der Waals surface area contributed by atoms with Crippen molar-refractivity contribution >= 4 is 29.3 Å². The molecule has 6 heteroatoms. The first-order valence-corrected chi connectivity index (χ1v) is 5.87. The second-order valence-corrected chi connectivity index (χ2v) is 4.80. The lowest BCUT2D eigenvalue weighted by Gasteiger charge is -2.15. The van der Waals surface area contributed by atoms with Crippen molar-refractivity contribution < 1.29 is 8.98 Å². The summed E-state index contributed by atoms with van der Waals surface area (Å²) in [6.45, 7) is 1.76. The van der Waals surface area contributed by atoms with Gasteiger partial charge in [0.1, 0.15) is 4.88 Å². The van der Waals surface area contributed by atoms with Gasteiger partial charge in [0.15, 0.2) is 4.87 Å². The highest BCUT2D eigenvalue weighted by Gasteiger charge is 2.27. The van der Waals surface area contributed by atoms with E-state index in [2.05, 4.69) is 0 Å². The number of rotatable bonds is 4. The summed E-state index contributed by atoms with van der Waals surface area (Å²) >= 11 is 1.99. The minimum absolute atomic E-state index is 0.409. The molecule has 1 heterocycles. The predicted molar refractivity (Wildman–Crippen MR) is 60.1 cm³/mol. The Morgan fingerprint density at radius 2 is 2.60 bits per heavy atom. The van der Waals surface area contributed by atoms with E-state index in [0.717, 1.165) is 0 Å². The summed E-state index contributed by atoms with van der Waals surface area (Å²) in [4.78, 5) is 10.7. The third kappa shape index (κ3) is 3.23. The molecule has 0 bridgehead atoms. The number of hydrogen-bond acceptors (Lipinski definition) is 6. The maximum atomic E-state index is 11.4. The fraction of sp³-hybridized carbons (Fsp3) is 0.333. The highest BCUT2D eigenvalue weighted by molar-refractivity contribution is 7.96. The van der Waals surface area contributed by atoms with Crippen LogP contribution < -0.4 is 5.73 Å². The Balaban J connectivity index is 2.52. The molecule has 1 aromatic heterocycles. The van der Waals surface area contributed by atoms with Gasteiger partial charge in [-0.2, -0.15) is 5.26 Å². The second kappa shape index (κ2) is 5.16. The summed E-state index contributed by atoms with van der Waals surface area (Å²) in [7, 11) is 0. The Bertz CT molecular complexity index is 372. The van der Waals surface area contributed by atoms with E-state index in [4.69, 9.17) is 15.2 Å². The van der Waals surface area contributed by atoms with E-state index < -0.39 is 10.8 Å². The SMILES string of the molecule is CCC(N)(C#N)SOC(=O)c1cccs1. The Hall–Kier alpha value is -1.03. The molecule has 1 aromatic rings. The van der Waals surface area contributed by atoms with E-state index in [1.807, 2.05) is 6.07 Å². The molecule has 0 aromatic carbocycles. The number of nitrogens with two attached hydrogens (primary N) is 1. The van der Waals surface area contributed by atoms with Crippen LogP contribution >= 0.6 is 23.4 Å². The molecule has 1 atom stereocenters. The lowest BCUT2D eigenvalue weighted by Crippen LogP contribution is -2.33. The lowest BCUT2D eigenvalue weighted by atomic mass is 10.3. The molecule has 1 unspecified atom stereocenters. The van der Waals surface area contributed by atoms with E-state index in [9.17, 15) is 4.79 Å².